The topological polar surface area (TPSA) is 71.0 Å². The van der Waals surface area contributed by atoms with Gasteiger partial charge >= 0.3 is 6.18 Å². The lowest BCUT2D eigenvalue weighted by Gasteiger charge is -2.11. The molecule has 5 nitrogen and oxygen atoms in total. The van der Waals surface area contributed by atoms with Gasteiger partial charge in [0, 0.05) is 14.9 Å². The molecule has 0 saturated heterocycles. The maximum absolute atomic E-state index is 13.4. The van der Waals surface area contributed by atoms with Crippen LogP contribution in [0.1, 0.15) is 11.4 Å². The Hall–Kier alpha value is -2.54. The first-order valence-corrected chi connectivity index (χ1v) is 10.4. The van der Waals surface area contributed by atoms with Crippen LogP contribution in [0.2, 0.25) is 10.0 Å². The molecule has 0 fully saturated rings. The zero-order valence-corrected chi connectivity index (χ0v) is 16.7. The molecule has 0 radical (unpaired) electrons. The highest BCUT2D eigenvalue weighted by molar-refractivity contribution is 7.93. The average molecular weight is 459 g/mol. The summed E-state index contributed by atoms with van der Waals surface area (Å²) >= 11 is 11.7. The standard InChI is InChI=1S/C18H11Cl2F3N4OS/c19-12-1-5-14(6-2-12)27-15(9-17(26-27)18(21,22)23)10-29(28,25-11-24)16-7-3-13(20)4-8-16/h1-9H,10H2. The molecule has 0 saturated carbocycles. The molecule has 0 amide bonds. The summed E-state index contributed by atoms with van der Waals surface area (Å²) in [6, 6.07) is 12.5. The molecule has 11 heteroatoms. The van der Waals surface area contributed by atoms with Crippen molar-refractivity contribution in [3.63, 3.8) is 0 Å². The minimum atomic E-state index is -4.71. The second-order valence-electron chi connectivity index (χ2n) is 5.84. The molecule has 3 rings (SSSR count). The van der Waals surface area contributed by atoms with Crippen LogP contribution in [0.15, 0.2) is 63.9 Å². The highest BCUT2D eigenvalue weighted by atomic mass is 35.5. The van der Waals surface area contributed by atoms with Crippen molar-refractivity contribution in [2.24, 2.45) is 4.36 Å². The number of benzene rings is 2. The maximum atomic E-state index is 13.4. The van der Waals surface area contributed by atoms with E-state index in [4.69, 9.17) is 28.5 Å². The molecule has 0 aliphatic carbocycles. The fraction of sp³-hybridized carbons (Fsp3) is 0.111. The normalized spacial score (nSPS) is 13.5. The first-order chi connectivity index (χ1) is 13.6. The SMILES string of the molecule is N#CN=S(=O)(Cc1cc(C(F)(F)F)nn1-c1ccc(Cl)cc1)c1ccc(Cl)cc1. The quantitative estimate of drug-likeness (QED) is 0.470. The van der Waals surface area contributed by atoms with E-state index in [0.717, 1.165) is 10.7 Å². The van der Waals surface area contributed by atoms with E-state index < -0.39 is 27.4 Å². The van der Waals surface area contributed by atoms with E-state index in [9.17, 15) is 17.4 Å². The second kappa shape index (κ2) is 8.06. The third-order valence-electron chi connectivity index (χ3n) is 3.86. The number of hydrogen-bond acceptors (Lipinski definition) is 4. The van der Waals surface area contributed by atoms with E-state index in [1.165, 1.54) is 54.7 Å². The van der Waals surface area contributed by atoms with Gasteiger partial charge in [-0.3, -0.25) is 0 Å². The van der Waals surface area contributed by atoms with Crippen molar-refractivity contribution in [1.29, 1.82) is 5.26 Å². The first kappa shape index (κ1) is 21.2. The zero-order chi connectivity index (χ0) is 21.2. The molecular weight excluding hydrogens is 448 g/mol. The van der Waals surface area contributed by atoms with Gasteiger partial charge in [-0.25, -0.2) is 8.89 Å². The Morgan fingerprint density at radius 1 is 1.07 bits per heavy atom. The minimum absolute atomic E-state index is 0.0291. The molecule has 0 aliphatic heterocycles. The van der Waals surface area contributed by atoms with Crippen LogP contribution in [0.25, 0.3) is 5.69 Å². The van der Waals surface area contributed by atoms with Crippen molar-refractivity contribution in [3.05, 3.63) is 76.0 Å². The summed E-state index contributed by atoms with van der Waals surface area (Å²) in [6.07, 6.45) is -3.22. The van der Waals surface area contributed by atoms with E-state index >= 15 is 0 Å². The predicted octanol–water partition coefficient (Wildman–Crippen LogP) is 5.71. The van der Waals surface area contributed by atoms with Crippen LogP contribution in [0.4, 0.5) is 13.2 Å². The Morgan fingerprint density at radius 3 is 2.14 bits per heavy atom. The fourth-order valence-electron chi connectivity index (χ4n) is 2.55. The molecule has 0 bridgehead atoms. The lowest BCUT2D eigenvalue weighted by atomic mass is 10.3. The molecule has 1 atom stereocenters. The van der Waals surface area contributed by atoms with E-state index in [-0.39, 0.29) is 16.3 Å². The van der Waals surface area contributed by atoms with Gasteiger partial charge in [-0.1, -0.05) is 23.2 Å². The summed E-state index contributed by atoms with van der Waals surface area (Å²) in [6.45, 7) is 0. The van der Waals surface area contributed by atoms with Gasteiger partial charge in [0.05, 0.1) is 26.9 Å². The maximum Gasteiger partial charge on any atom is 0.435 e. The summed E-state index contributed by atoms with van der Waals surface area (Å²) < 4.78 is 57.7. The summed E-state index contributed by atoms with van der Waals surface area (Å²) in [5.41, 5.74) is -0.898. The van der Waals surface area contributed by atoms with Crippen LogP contribution >= 0.6 is 23.2 Å². The van der Waals surface area contributed by atoms with E-state index in [1.807, 2.05) is 0 Å². The molecule has 1 aromatic heterocycles. The number of halogens is 5. The van der Waals surface area contributed by atoms with Crippen LogP contribution in [-0.4, -0.2) is 14.0 Å². The summed E-state index contributed by atoms with van der Waals surface area (Å²) in [7, 11) is -3.41. The molecule has 3 aromatic rings. The number of hydrogen-bond donors (Lipinski definition) is 0. The van der Waals surface area contributed by atoms with Crippen LogP contribution < -0.4 is 0 Å². The second-order valence-corrected chi connectivity index (χ2v) is 8.93. The van der Waals surface area contributed by atoms with Crippen molar-refractivity contribution >= 4 is 32.9 Å². The minimum Gasteiger partial charge on any atom is -0.243 e. The Balaban J connectivity index is 2.16. The lowest BCUT2D eigenvalue weighted by Crippen LogP contribution is -2.10. The van der Waals surface area contributed by atoms with E-state index in [1.54, 1.807) is 0 Å². The van der Waals surface area contributed by atoms with E-state index in [0.29, 0.717) is 10.0 Å². The Bertz CT molecular complexity index is 1190. The monoisotopic (exact) mass is 458 g/mol. The molecule has 2 aromatic carbocycles. The van der Waals surface area contributed by atoms with Crippen LogP contribution in [0.5, 0.6) is 0 Å². The van der Waals surface area contributed by atoms with Gasteiger partial charge in [-0.15, -0.1) is 4.36 Å². The molecule has 0 aliphatic rings. The lowest BCUT2D eigenvalue weighted by molar-refractivity contribution is -0.141. The smallest absolute Gasteiger partial charge is 0.243 e. The molecular formula is C18H11Cl2F3N4OS. The zero-order valence-electron chi connectivity index (χ0n) is 14.4. The Labute approximate surface area is 174 Å². The number of alkyl halides is 3. The van der Waals surface area contributed by atoms with Gasteiger partial charge < -0.3 is 0 Å². The third-order valence-corrected chi connectivity index (χ3v) is 6.43. The van der Waals surface area contributed by atoms with Crippen molar-refractivity contribution in [3.8, 4) is 11.9 Å². The van der Waals surface area contributed by atoms with Crippen molar-refractivity contribution < 1.29 is 17.4 Å². The molecule has 1 unspecified atom stereocenters. The Morgan fingerprint density at radius 2 is 1.62 bits per heavy atom. The van der Waals surface area contributed by atoms with Crippen LogP contribution in [-0.2, 0) is 21.7 Å². The molecule has 150 valence electrons. The van der Waals surface area contributed by atoms with Gasteiger partial charge in [-0.2, -0.15) is 23.5 Å². The van der Waals surface area contributed by atoms with Gasteiger partial charge in [-0.05, 0) is 54.6 Å². The molecule has 0 N–H and O–H groups in total. The number of aromatic nitrogens is 2. The fourth-order valence-corrected chi connectivity index (χ4v) is 4.44. The largest absolute Gasteiger partial charge is 0.435 e. The van der Waals surface area contributed by atoms with E-state index in [2.05, 4.69) is 9.46 Å². The van der Waals surface area contributed by atoms with Gasteiger partial charge in [0.15, 0.2) is 5.69 Å². The predicted molar refractivity (Wildman–Crippen MR) is 103 cm³/mol. The summed E-state index contributed by atoms with van der Waals surface area (Å²) in [5.74, 6) is -0.464. The van der Waals surface area contributed by atoms with Gasteiger partial charge in [0.1, 0.15) is 0 Å². The van der Waals surface area contributed by atoms with Gasteiger partial charge in [0.2, 0.25) is 6.19 Å². The highest BCUT2D eigenvalue weighted by Crippen LogP contribution is 2.31. The van der Waals surface area contributed by atoms with Gasteiger partial charge in [0.25, 0.3) is 0 Å². The van der Waals surface area contributed by atoms with Crippen LogP contribution in [0.3, 0.4) is 0 Å². The third kappa shape index (κ3) is 4.72. The molecule has 1 heterocycles. The van der Waals surface area contributed by atoms with Crippen LogP contribution in [0, 0.1) is 11.5 Å². The summed E-state index contributed by atoms with van der Waals surface area (Å²) in [4.78, 5) is 0.167. The molecule has 29 heavy (non-hydrogen) atoms. The average Bonchev–Trinajstić information content (AvgIpc) is 3.07. The van der Waals surface area contributed by atoms with Crippen molar-refractivity contribution in [2.45, 2.75) is 16.8 Å². The highest BCUT2D eigenvalue weighted by Gasteiger charge is 2.35. The summed E-state index contributed by atoms with van der Waals surface area (Å²) in [5, 5.41) is 13.4. The number of nitrogens with zero attached hydrogens (tertiary/aromatic N) is 4. The molecule has 0 spiro atoms. The van der Waals surface area contributed by atoms with Crippen molar-refractivity contribution in [2.75, 3.05) is 0 Å². The Kier molecular flexibility index (Phi) is 5.89. The van der Waals surface area contributed by atoms with Crippen molar-refractivity contribution in [1.82, 2.24) is 9.78 Å². The number of nitriles is 1. The number of rotatable bonds is 4. The first-order valence-electron chi connectivity index (χ1n) is 7.93.